The number of nitrogens with zero attached hydrogens (tertiary/aromatic N) is 2. The second-order valence-electron chi connectivity index (χ2n) is 3.62. The first kappa shape index (κ1) is 10.3. The second kappa shape index (κ2) is 4.53. The molecule has 1 aromatic carbocycles. The predicted octanol–water partition coefficient (Wildman–Crippen LogP) is 2.38. The van der Waals surface area contributed by atoms with Crippen LogP contribution in [-0.4, -0.2) is 23.9 Å². The zero-order valence-corrected chi connectivity index (χ0v) is 9.24. The number of likely N-dealkylation sites (tertiary alicyclic amines) is 1. The van der Waals surface area contributed by atoms with Gasteiger partial charge in [-0.1, -0.05) is 23.7 Å². The Morgan fingerprint density at radius 3 is 2.60 bits per heavy atom. The predicted molar refractivity (Wildman–Crippen MR) is 63.5 cm³/mol. The lowest BCUT2D eigenvalue weighted by Crippen LogP contribution is -2.34. The number of halogens is 1. The van der Waals surface area contributed by atoms with Crippen molar-refractivity contribution in [2.24, 2.45) is 10.7 Å². The van der Waals surface area contributed by atoms with Gasteiger partial charge in [-0.05, 0) is 25.0 Å². The molecule has 0 atom stereocenters. The van der Waals surface area contributed by atoms with Gasteiger partial charge in [-0.3, -0.25) is 0 Å². The molecule has 1 aliphatic heterocycles. The lowest BCUT2D eigenvalue weighted by atomic mass is 10.3. The largest absolute Gasteiger partial charge is 0.369 e. The van der Waals surface area contributed by atoms with Crippen molar-refractivity contribution in [3.8, 4) is 0 Å². The van der Waals surface area contributed by atoms with Crippen LogP contribution in [0.4, 0.5) is 5.69 Å². The van der Waals surface area contributed by atoms with Gasteiger partial charge in [-0.15, -0.1) is 0 Å². The normalized spacial score (nSPS) is 17.1. The highest BCUT2D eigenvalue weighted by atomic mass is 35.5. The summed E-state index contributed by atoms with van der Waals surface area (Å²) in [5.41, 5.74) is 6.64. The minimum atomic E-state index is 0.570. The number of hydrogen-bond acceptors (Lipinski definition) is 1. The van der Waals surface area contributed by atoms with Crippen molar-refractivity contribution in [2.45, 2.75) is 12.8 Å². The SMILES string of the molecule is NC(=Nc1ccccc1Cl)N1CCCC1. The zero-order valence-electron chi connectivity index (χ0n) is 8.49. The van der Waals surface area contributed by atoms with E-state index >= 15 is 0 Å². The fourth-order valence-corrected chi connectivity index (χ4v) is 1.86. The van der Waals surface area contributed by atoms with Crippen LogP contribution >= 0.6 is 11.6 Å². The molecule has 0 spiro atoms. The minimum Gasteiger partial charge on any atom is -0.369 e. The Labute approximate surface area is 94.5 Å². The van der Waals surface area contributed by atoms with Crippen LogP contribution < -0.4 is 5.73 Å². The maximum Gasteiger partial charge on any atom is 0.196 e. The van der Waals surface area contributed by atoms with Gasteiger partial charge in [0.2, 0.25) is 0 Å². The summed E-state index contributed by atoms with van der Waals surface area (Å²) >= 11 is 5.99. The Bertz CT molecular complexity index is 370. The van der Waals surface area contributed by atoms with Crippen molar-refractivity contribution in [1.29, 1.82) is 0 Å². The molecular formula is C11H14ClN3. The number of nitrogens with two attached hydrogens (primary N) is 1. The van der Waals surface area contributed by atoms with Gasteiger partial charge in [0.25, 0.3) is 0 Å². The summed E-state index contributed by atoms with van der Waals surface area (Å²) in [6.07, 6.45) is 2.39. The molecule has 2 rings (SSSR count). The molecule has 1 fully saturated rings. The fraction of sp³-hybridized carbons (Fsp3) is 0.364. The van der Waals surface area contributed by atoms with E-state index in [9.17, 15) is 0 Å². The zero-order chi connectivity index (χ0) is 10.7. The Kier molecular flexibility index (Phi) is 3.11. The van der Waals surface area contributed by atoms with Crippen LogP contribution in [0.3, 0.4) is 0 Å². The molecule has 0 saturated carbocycles. The van der Waals surface area contributed by atoms with Crippen LogP contribution in [0.5, 0.6) is 0 Å². The molecule has 0 amide bonds. The van der Waals surface area contributed by atoms with E-state index in [1.807, 2.05) is 24.3 Å². The van der Waals surface area contributed by atoms with Crippen LogP contribution in [0.1, 0.15) is 12.8 Å². The van der Waals surface area contributed by atoms with E-state index in [1.165, 1.54) is 12.8 Å². The van der Waals surface area contributed by atoms with Gasteiger partial charge in [-0.25, -0.2) is 4.99 Å². The molecule has 2 N–H and O–H groups in total. The molecule has 1 saturated heterocycles. The highest BCUT2D eigenvalue weighted by Gasteiger charge is 2.13. The summed E-state index contributed by atoms with van der Waals surface area (Å²) in [6, 6.07) is 7.47. The molecule has 4 heteroatoms. The van der Waals surface area contributed by atoms with Crippen molar-refractivity contribution in [3.63, 3.8) is 0 Å². The summed E-state index contributed by atoms with van der Waals surface area (Å²) in [4.78, 5) is 6.42. The molecule has 80 valence electrons. The molecule has 1 aromatic rings. The molecule has 1 aliphatic rings. The first-order chi connectivity index (χ1) is 7.27. The highest BCUT2D eigenvalue weighted by molar-refractivity contribution is 6.33. The molecule has 15 heavy (non-hydrogen) atoms. The van der Waals surface area contributed by atoms with Crippen LogP contribution in [0, 0.1) is 0 Å². The standard InChI is InChI=1S/C11H14ClN3/c12-9-5-1-2-6-10(9)14-11(13)15-7-3-4-8-15/h1-2,5-6H,3-4,7-8H2,(H2,13,14). The molecule has 1 heterocycles. The number of aliphatic imine (C=N–C) groups is 1. The molecule has 3 nitrogen and oxygen atoms in total. The summed E-state index contributed by atoms with van der Waals surface area (Å²) in [7, 11) is 0. The monoisotopic (exact) mass is 223 g/mol. The first-order valence-corrected chi connectivity index (χ1v) is 5.49. The highest BCUT2D eigenvalue weighted by Crippen LogP contribution is 2.24. The van der Waals surface area contributed by atoms with Crippen molar-refractivity contribution in [2.75, 3.05) is 13.1 Å². The van der Waals surface area contributed by atoms with Gasteiger partial charge in [0.15, 0.2) is 5.96 Å². The fourth-order valence-electron chi connectivity index (χ4n) is 1.68. The van der Waals surface area contributed by atoms with Crippen molar-refractivity contribution >= 4 is 23.2 Å². The maximum absolute atomic E-state index is 5.99. The number of hydrogen-bond donors (Lipinski definition) is 1. The third-order valence-electron chi connectivity index (χ3n) is 2.52. The third kappa shape index (κ3) is 2.42. The van der Waals surface area contributed by atoms with E-state index in [0.717, 1.165) is 18.8 Å². The maximum atomic E-state index is 5.99. The summed E-state index contributed by atoms with van der Waals surface area (Å²) in [5, 5.41) is 0.639. The Hall–Kier alpha value is -1.22. The van der Waals surface area contributed by atoms with Gasteiger partial charge in [0.05, 0.1) is 10.7 Å². The Morgan fingerprint density at radius 2 is 1.93 bits per heavy atom. The number of rotatable bonds is 1. The van der Waals surface area contributed by atoms with E-state index < -0.39 is 0 Å². The van der Waals surface area contributed by atoms with Crippen LogP contribution in [-0.2, 0) is 0 Å². The van der Waals surface area contributed by atoms with E-state index in [4.69, 9.17) is 17.3 Å². The molecule has 0 aromatic heterocycles. The van der Waals surface area contributed by atoms with E-state index in [1.54, 1.807) is 0 Å². The average Bonchev–Trinajstić information content (AvgIpc) is 2.74. The lowest BCUT2D eigenvalue weighted by molar-refractivity contribution is 0.513. The van der Waals surface area contributed by atoms with Gasteiger partial charge in [0, 0.05) is 13.1 Å². The van der Waals surface area contributed by atoms with E-state index in [-0.39, 0.29) is 0 Å². The molecule has 0 aliphatic carbocycles. The summed E-state index contributed by atoms with van der Waals surface area (Å²) in [5.74, 6) is 0.570. The molecule has 0 radical (unpaired) electrons. The van der Waals surface area contributed by atoms with Gasteiger partial charge < -0.3 is 10.6 Å². The van der Waals surface area contributed by atoms with Crippen molar-refractivity contribution in [3.05, 3.63) is 29.3 Å². The van der Waals surface area contributed by atoms with Gasteiger partial charge in [0.1, 0.15) is 0 Å². The minimum absolute atomic E-state index is 0.570. The van der Waals surface area contributed by atoms with Crippen LogP contribution in [0.15, 0.2) is 29.3 Å². The number of para-hydroxylation sites is 1. The average molecular weight is 224 g/mol. The van der Waals surface area contributed by atoms with Gasteiger partial charge in [-0.2, -0.15) is 0 Å². The Balaban J connectivity index is 2.18. The molecular weight excluding hydrogens is 210 g/mol. The number of benzene rings is 1. The molecule has 0 unspecified atom stereocenters. The van der Waals surface area contributed by atoms with E-state index in [2.05, 4.69) is 9.89 Å². The van der Waals surface area contributed by atoms with Crippen LogP contribution in [0.2, 0.25) is 5.02 Å². The Morgan fingerprint density at radius 1 is 1.27 bits per heavy atom. The van der Waals surface area contributed by atoms with Crippen molar-refractivity contribution < 1.29 is 0 Å². The third-order valence-corrected chi connectivity index (χ3v) is 2.84. The topological polar surface area (TPSA) is 41.6 Å². The van der Waals surface area contributed by atoms with E-state index in [0.29, 0.717) is 11.0 Å². The van der Waals surface area contributed by atoms with Gasteiger partial charge >= 0.3 is 0 Å². The quantitative estimate of drug-likeness (QED) is 0.587. The van der Waals surface area contributed by atoms with Crippen LogP contribution in [0.25, 0.3) is 0 Å². The lowest BCUT2D eigenvalue weighted by Gasteiger charge is -2.15. The van der Waals surface area contributed by atoms with Crippen molar-refractivity contribution in [1.82, 2.24) is 4.90 Å². The second-order valence-corrected chi connectivity index (χ2v) is 4.02. The summed E-state index contributed by atoms with van der Waals surface area (Å²) < 4.78 is 0. The summed E-state index contributed by atoms with van der Waals surface area (Å²) in [6.45, 7) is 2.00. The first-order valence-electron chi connectivity index (χ1n) is 5.11. The smallest absolute Gasteiger partial charge is 0.196 e. The molecule has 0 bridgehead atoms. The number of guanidine groups is 1.